The molecule has 1 aromatic rings. The van der Waals surface area contributed by atoms with Crippen LogP contribution in [-0.2, 0) is 0 Å². The summed E-state index contributed by atoms with van der Waals surface area (Å²) in [6.07, 6.45) is 1.24. The summed E-state index contributed by atoms with van der Waals surface area (Å²) < 4.78 is 5.70. The highest BCUT2D eigenvalue weighted by molar-refractivity contribution is 6.30. The number of rotatable bonds is 4. The second kappa shape index (κ2) is 4.98. The van der Waals surface area contributed by atoms with E-state index < -0.39 is 0 Å². The minimum atomic E-state index is -0.363. The van der Waals surface area contributed by atoms with Crippen LogP contribution in [0.5, 0.6) is 5.75 Å². The van der Waals surface area contributed by atoms with E-state index in [1.807, 2.05) is 30.3 Å². The van der Waals surface area contributed by atoms with E-state index in [0.717, 1.165) is 11.3 Å². The molecule has 0 amide bonds. The summed E-state index contributed by atoms with van der Waals surface area (Å²) in [4.78, 5) is 0. The number of benzene rings is 1. The van der Waals surface area contributed by atoms with E-state index in [9.17, 15) is 0 Å². The fourth-order valence-electron chi connectivity index (χ4n) is 0.873. The fourth-order valence-corrected chi connectivity index (χ4v) is 1.78. The molecule has 1 unspecified atom stereocenters. The first-order chi connectivity index (χ1) is 5.83. The molecule has 0 aromatic heterocycles. The van der Waals surface area contributed by atoms with Crippen LogP contribution in [0.3, 0.4) is 0 Å². The molecular weight excluding hydrogens is 164 g/mol. The van der Waals surface area contributed by atoms with Crippen LogP contribution < -0.4 is 4.43 Å². The minimum absolute atomic E-state index is 0.363. The van der Waals surface area contributed by atoms with Crippen molar-refractivity contribution in [3.8, 4) is 5.75 Å². The van der Waals surface area contributed by atoms with Gasteiger partial charge in [0.1, 0.15) is 5.75 Å². The van der Waals surface area contributed by atoms with Gasteiger partial charge in [-0.2, -0.15) is 0 Å². The number of hydrogen-bond donors (Lipinski definition) is 0. The lowest BCUT2D eigenvalue weighted by Gasteiger charge is -2.09. The van der Waals surface area contributed by atoms with Crippen molar-refractivity contribution in [2.24, 2.45) is 0 Å². The van der Waals surface area contributed by atoms with Crippen LogP contribution in [0.4, 0.5) is 0 Å². The highest BCUT2D eigenvalue weighted by Gasteiger charge is 2.00. The maximum absolute atomic E-state index is 5.70. The minimum Gasteiger partial charge on any atom is -0.549 e. The Morgan fingerprint density at radius 3 is 2.58 bits per heavy atom. The normalized spacial score (nSPS) is 13.5. The molecule has 2 heteroatoms. The molecule has 1 nitrogen and oxygen atoms in total. The molecule has 0 saturated heterocycles. The molecule has 0 N–H and O–H groups in total. The zero-order valence-electron chi connectivity index (χ0n) is 7.79. The van der Waals surface area contributed by atoms with Crippen LogP contribution >= 0.6 is 0 Å². The molecule has 1 aromatic carbocycles. The number of hydrogen-bond acceptors (Lipinski definition) is 1. The summed E-state index contributed by atoms with van der Waals surface area (Å²) in [7, 11) is -0.363. The average Bonchev–Trinajstić information content (AvgIpc) is 2.16. The van der Waals surface area contributed by atoms with Crippen molar-refractivity contribution in [3.05, 3.63) is 30.3 Å². The first-order valence-corrected chi connectivity index (χ1v) is 5.90. The summed E-state index contributed by atoms with van der Waals surface area (Å²) in [5.74, 6) is 1.03. The largest absolute Gasteiger partial charge is 0.549 e. The Balaban J connectivity index is 2.33. The second-order valence-electron chi connectivity index (χ2n) is 3.14. The van der Waals surface area contributed by atoms with Gasteiger partial charge in [0.15, 0.2) is 0 Å². The van der Waals surface area contributed by atoms with Crippen LogP contribution in [0.15, 0.2) is 30.3 Å². The summed E-state index contributed by atoms with van der Waals surface area (Å²) >= 11 is 0. The molecule has 0 aliphatic rings. The Labute approximate surface area is 76.7 Å². The molecule has 0 fully saturated rings. The third kappa shape index (κ3) is 3.09. The molecule has 0 aliphatic heterocycles. The van der Waals surface area contributed by atoms with Gasteiger partial charge in [0.05, 0.1) is 0 Å². The van der Waals surface area contributed by atoms with Gasteiger partial charge in [-0.05, 0) is 17.7 Å². The molecule has 12 heavy (non-hydrogen) atoms. The lowest BCUT2D eigenvalue weighted by Crippen LogP contribution is -2.07. The van der Waals surface area contributed by atoms with Gasteiger partial charge < -0.3 is 4.43 Å². The standard InChI is InChI=1S/C10H16OSi/c1-3-9(2)12-11-10-7-5-4-6-8-10/h4-9H,3,12H2,1-2H3. The smallest absolute Gasteiger partial charge is 0.222 e. The van der Waals surface area contributed by atoms with E-state index in [0.29, 0.717) is 0 Å². The quantitative estimate of drug-likeness (QED) is 0.646. The van der Waals surface area contributed by atoms with Crippen LogP contribution in [-0.4, -0.2) is 9.76 Å². The third-order valence-corrected chi connectivity index (χ3v) is 3.62. The maximum Gasteiger partial charge on any atom is 0.222 e. The van der Waals surface area contributed by atoms with Crippen LogP contribution in [0.25, 0.3) is 0 Å². The third-order valence-electron chi connectivity index (χ3n) is 1.97. The summed E-state index contributed by atoms with van der Waals surface area (Å²) in [5, 5.41) is 0. The highest BCUT2D eigenvalue weighted by atomic mass is 28.2. The average molecular weight is 180 g/mol. The lowest BCUT2D eigenvalue weighted by molar-refractivity contribution is 0.572. The fraction of sp³-hybridized carbons (Fsp3) is 0.400. The second-order valence-corrected chi connectivity index (χ2v) is 5.15. The van der Waals surface area contributed by atoms with Gasteiger partial charge in [0.25, 0.3) is 0 Å². The molecular formula is C10H16OSi. The van der Waals surface area contributed by atoms with Gasteiger partial charge in [0, 0.05) is 0 Å². The molecule has 1 atom stereocenters. The highest BCUT2D eigenvalue weighted by Crippen LogP contribution is 2.12. The summed E-state index contributed by atoms with van der Waals surface area (Å²) in [5.41, 5.74) is 0.783. The summed E-state index contributed by atoms with van der Waals surface area (Å²) in [6, 6.07) is 10.1. The predicted molar refractivity (Wildman–Crippen MR) is 55.3 cm³/mol. The van der Waals surface area contributed by atoms with Gasteiger partial charge in [0.2, 0.25) is 9.76 Å². The van der Waals surface area contributed by atoms with E-state index >= 15 is 0 Å². The molecule has 0 radical (unpaired) electrons. The molecule has 0 saturated carbocycles. The molecule has 0 heterocycles. The van der Waals surface area contributed by atoms with Gasteiger partial charge in [-0.15, -0.1) is 0 Å². The molecule has 0 aliphatic carbocycles. The van der Waals surface area contributed by atoms with Gasteiger partial charge in [-0.1, -0.05) is 38.5 Å². The monoisotopic (exact) mass is 180 g/mol. The van der Waals surface area contributed by atoms with Crippen LogP contribution in [0.1, 0.15) is 20.3 Å². The van der Waals surface area contributed by atoms with Gasteiger partial charge >= 0.3 is 0 Å². The molecule has 0 bridgehead atoms. The van der Waals surface area contributed by atoms with Crippen molar-refractivity contribution in [1.29, 1.82) is 0 Å². The number of para-hydroxylation sites is 1. The van der Waals surface area contributed by atoms with Gasteiger partial charge in [-0.3, -0.25) is 0 Å². The van der Waals surface area contributed by atoms with Crippen molar-refractivity contribution in [2.45, 2.75) is 25.8 Å². The first kappa shape index (κ1) is 9.33. The van der Waals surface area contributed by atoms with Crippen molar-refractivity contribution in [2.75, 3.05) is 0 Å². The Kier molecular flexibility index (Phi) is 3.87. The van der Waals surface area contributed by atoms with Crippen molar-refractivity contribution in [1.82, 2.24) is 0 Å². The summed E-state index contributed by atoms with van der Waals surface area (Å²) in [6.45, 7) is 4.47. The molecule has 1 rings (SSSR count). The van der Waals surface area contributed by atoms with E-state index in [2.05, 4.69) is 13.8 Å². The van der Waals surface area contributed by atoms with E-state index in [-0.39, 0.29) is 9.76 Å². The molecule has 66 valence electrons. The predicted octanol–water partition coefficient (Wildman–Crippen LogP) is 2.37. The topological polar surface area (TPSA) is 9.23 Å². The Morgan fingerprint density at radius 1 is 1.33 bits per heavy atom. The van der Waals surface area contributed by atoms with Crippen molar-refractivity contribution >= 4 is 9.76 Å². The van der Waals surface area contributed by atoms with Crippen molar-refractivity contribution in [3.63, 3.8) is 0 Å². The first-order valence-electron chi connectivity index (χ1n) is 4.50. The Hall–Kier alpha value is -0.763. The lowest BCUT2D eigenvalue weighted by atomic mass is 10.3. The van der Waals surface area contributed by atoms with E-state index in [1.165, 1.54) is 6.42 Å². The van der Waals surface area contributed by atoms with Crippen LogP contribution in [0.2, 0.25) is 5.54 Å². The molecule has 0 spiro atoms. The van der Waals surface area contributed by atoms with Crippen LogP contribution in [0, 0.1) is 0 Å². The Morgan fingerprint density at radius 2 is 2.00 bits per heavy atom. The SMILES string of the molecule is CCC(C)[SiH2]Oc1ccccc1. The zero-order chi connectivity index (χ0) is 8.81. The van der Waals surface area contributed by atoms with Gasteiger partial charge in [-0.25, -0.2) is 0 Å². The Bertz CT molecular complexity index is 210. The van der Waals surface area contributed by atoms with Crippen molar-refractivity contribution < 1.29 is 4.43 Å². The van der Waals surface area contributed by atoms with E-state index in [4.69, 9.17) is 4.43 Å². The van der Waals surface area contributed by atoms with E-state index in [1.54, 1.807) is 0 Å². The maximum atomic E-state index is 5.70. The zero-order valence-corrected chi connectivity index (χ0v) is 9.20.